The van der Waals surface area contributed by atoms with Crippen LogP contribution in [0.15, 0.2) is 27.2 Å². The molecule has 1 aliphatic carbocycles. The predicted octanol–water partition coefficient (Wildman–Crippen LogP) is 1.90. The van der Waals surface area contributed by atoms with Crippen molar-refractivity contribution in [2.75, 3.05) is 32.7 Å². The number of furan rings is 1. The normalized spacial score (nSPS) is 20.0. The topological polar surface area (TPSA) is 87.6 Å². The van der Waals surface area contributed by atoms with Gasteiger partial charge in [-0.25, -0.2) is 0 Å². The second-order valence-electron chi connectivity index (χ2n) is 7.43. The Balaban J connectivity index is 1.19. The van der Waals surface area contributed by atoms with E-state index in [1.807, 2.05) is 0 Å². The number of rotatable bonds is 6. The summed E-state index contributed by atoms with van der Waals surface area (Å²) in [5.41, 5.74) is 0. The zero-order valence-electron chi connectivity index (χ0n) is 15.6. The fraction of sp³-hybridized carbons (Fsp3) is 0.632. The maximum atomic E-state index is 12.3. The minimum atomic E-state index is 0.162. The van der Waals surface area contributed by atoms with Crippen molar-refractivity contribution in [2.24, 2.45) is 0 Å². The van der Waals surface area contributed by atoms with Crippen LogP contribution in [0.25, 0.3) is 11.7 Å². The standard InChI is InChI=1S/C19H27N5O3/c25-17(20-15-5-2-1-3-6-15)13-23-8-10-24(11-9-23)14-18-21-22-19(27-18)16-7-4-12-26-16/h4,7,12,15H,1-3,5-6,8-11,13-14H2,(H,20,25). The number of nitrogens with one attached hydrogen (secondary N) is 1. The second-order valence-corrected chi connectivity index (χ2v) is 7.43. The minimum Gasteiger partial charge on any atom is -0.459 e. The fourth-order valence-electron chi connectivity index (χ4n) is 3.84. The van der Waals surface area contributed by atoms with Crippen LogP contribution in [-0.4, -0.2) is 64.7 Å². The van der Waals surface area contributed by atoms with Gasteiger partial charge in [0.05, 0.1) is 19.4 Å². The van der Waals surface area contributed by atoms with Crippen molar-refractivity contribution in [3.05, 3.63) is 24.3 Å². The Hall–Kier alpha value is -2.19. The van der Waals surface area contributed by atoms with Crippen molar-refractivity contribution in [3.63, 3.8) is 0 Å². The average Bonchev–Trinajstić information content (AvgIpc) is 3.36. The van der Waals surface area contributed by atoms with Gasteiger partial charge in [0.25, 0.3) is 5.89 Å². The summed E-state index contributed by atoms with van der Waals surface area (Å²) >= 11 is 0. The Morgan fingerprint density at radius 3 is 2.63 bits per heavy atom. The number of carbonyl (C=O) groups excluding carboxylic acids is 1. The summed E-state index contributed by atoms with van der Waals surface area (Å²) in [5, 5.41) is 11.3. The molecule has 27 heavy (non-hydrogen) atoms. The number of amides is 1. The maximum Gasteiger partial charge on any atom is 0.283 e. The van der Waals surface area contributed by atoms with Crippen molar-refractivity contribution < 1.29 is 13.6 Å². The van der Waals surface area contributed by atoms with E-state index >= 15 is 0 Å². The van der Waals surface area contributed by atoms with Crippen LogP contribution in [-0.2, 0) is 11.3 Å². The van der Waals surface area contributed by atoms with Gasteiger partial charge in [-0.15, -0.1) is 10.2 Å². The van der Waals surface area contributed by atoms with E-state index in [9.17, 15) is 4.79 Å². The minimum absolute atomic E-state index is 0.162. The summed E-state index contributed by atoms with van der Waals surface area (Å²) in [6.07, 6.45) is 7.62. The fourth-order valence-corrected chi connectivity index (χ4v) is 3.84. The summed E-state index contributed by atoms with van der Waals surface area (Å²) in [6.45, 7) is 4.63. The van der Waals surface area contributed by atoms with Crippen LogP contribution in [0, 0.1) is 0 Å². The SMILES string of the molecule is O=C(CN1CCN(Cc2nnc(-c3ccco3)o2)CC1)NC1CCCCC1. The lowest BCUT2D eigenvalue weighted by atomic mass is 9.95. The van der Waals surface area contributed by atoms with Gasteiger partial charge in [0.15, 0.2) is 5.76 Å². The van der Waals surface area contributed by atoms with E-state index in [0.717, 1.165) is 39.0 Å². The Bertz CT molecular complexity index is 716. The van der Waals surface area contributed by atoms with Gasteiger partial charge in [-0.2, -0.15) is 0 Å². The molecule has 3 heterocycles. The van der Waals surface area contributed by atoms with Crippen molar-refractivity contribution in [3.8, 4) is 11.7 Å². The summed E-state index contributed by atoms with van der Waals surface area (Å²) < 4.78 is 10.9. The van der Waals surface area contributed by atoms with E-state index < -0.39 is 0 Å². The number of nitrogens with zero attached hydrogens (tertiary/aromatic N) is 4. The van der Waals surface area contributed by atoms with Crippen LogP contribution in [0.4, 0.5) is 0 Å². The van der Waals surface area contributed by atoms with Crippen LogP contribution in [0.2, 0.25) is 0 Å². The summed E-state index contributed by atoms with van der Waals surface area (Å²) in [6, 6.07) is 3.98. The van der Waals surface area contributed by atoms with Crippen LogP contribution in [0.3, 0.4) is 0 Å². The van der Waals surface area contributed by atoms with Gasteiger partial charge in [0.2, 0.25) is 11.8 Å². The number of hydrogen-bond acceptors (Lipinski definition) is 7. The van der Waals surface area contributed by atoms with Gasteiger partial charge in [0.1, 0.15) is 0 Å². The first-order valence-corrected chi connectivity index (χ1v) is 9.86. The average molecular weight is 373 g/mol. The Morgan fingerprint density at radius 2 is 1.89 bits per heavy atom. The molecule has 0 spiro atoms. The molecule has 1 amide bonds. The molecule has 4 rings (SSSR count). The molecule has 8 heteroatoms. The monoisotopic (exact) mass is 373 g/mol. The Labute approximate surface area is 158 Å². The van der Waals surface area contributed by atoms with E-state index in [1.165, 1.54) is 19.3 Å². The highest BCUT2D eigenvalue weighted by Crippen LogP contribution is 2.19. The van der Waals surface area contributed by atoms with E-state index in [2.05, 4.69) is 25.3 Å². The Kier molecular flexibility index (Phi) is 5.84. The van der Waals surface area contributed by atoms with Gasteiger partial charge in [-0.3, -0.25) is 14.6 Å². The third-order valence-electron chi connectivity index (χ3n) is 5.36. The second kappa shape index (κ2) is 8.67. The third-order valence-corrected chi connectivity index (χ3v) is 5.36. The van der Waals surface area contributed by atoms with E-state index in [-0.39, 0.29) is 5.91 Å². The van der Waals surface area contributed by atoms with Crippen LogP contribution in [0.5, 0.6) is 0 Å². The lowest BCUT2D eigenvalue weighted by Gasteiger charge is -2.34. The molecule has 2 aliphatic rings. The first kappa shape index (κ1) is 18.2. The molecule has 0 radical (unpaired) electrons. The first-order valence-electron chi connectivity index (χ1n) is 9.86. The first-order chi connectivity index (χ1) is 13.3. The maximum absolute atomic E-state index is 12.3. The van der Waals surface area contributed by atoms with Gasteiger partial charge < -0.3 is 14.2 Å². The van der Waals surface area contributed by atoms with E-state index in [0.29, 0.717) is 36.7 Å². The summed E-state index contributed by atoms with van der Waals surface area (Å²) in [7, 11) is 0. The van der Waals surface area contributed by atoms with Gasteiger partial charge in [-0.1, -0.05) is 19.3 Å². The molecule has 8 nitrogen and oxygen atoms in total. The number of piperazine rings is 1. The number of hydrogen-bond donors (Lipinski definition) is 1. The molecular weight excluding hydrogens is 346 g/mol. The van der Waals surface area contributed by atoms with E-state index in [4.69, 9.17) is 8.83 Å². The highest BCUT2D eigenvalue weighted by molar-refractivity contribution is 5.78. The molecule has 146 valence electrons. The molecule has 1 aliphatic heterocycles. The molecule has 1 saturated carbocycles. The third kappa shape index (κ3) is 4.95. The predicted molar refractivity (Wildman–Crippen MR) is 98.7 cm³/mol. The molecule has 2 aromatic rings. The van der Waals surface area contributed by atoms with Gasteiger partial charge in [0, 0.05) is 32.2 Å². The number of aromatic nitrogens is 2. The van der Waals surface area contributed by atoms with Gasteiger partial charge >= 0.3 is 0 Å². The smallest absolute Gasteiger partial charge is 0.283 e. The molecule has 1 saturated heterocycles. The molecule has 0 atom stereocenters. The quantitative estimate of drug-likeness (QED) is 0.827. The lowest BCUT2D eigenvalue weighted by molar-refractivity contribution is -0.123. The molecule has 0 unspecified atom stereocenters. The lowest BCUT2D eigenvalue weighted by Crippen LogP contribution is -2.50. The molecule has 1 N–H and O–H groups in total. The molecule has 0 aromatic carbocycles. The van der Waals surface area contributed by atoms with Crippen molar-refractivity contribution in [1.82, 2.24) is 25.3 Å². The molecule has 0 bridgehead atoms. The highest BCUT2D eigenvalue weighted by atomic mass is 16.4. The van der Waals surface area contributed by atoms with Crippen LogP contribution in [0.1, 0.15) is 38.0 Å². The van der Waals surface area contributed by atoms with Gasteiger partial charge in [-0.05, 0) is 25.0 Å². The summed E-state index contributed by atoms with van der Waals surface area (Å²) in [4.78, 5) is 16.8. The number of carbonyl (C=O) groups is 1. The zero-order valence-corrected chi connectivity index (χ0v) is 15.6. The van der Waals surface area contributed by atoms with Crippen molar-refractivity contribution in [1.29, 1.82) is 0 Å². The zero-order chi connectivity index (χ0) is 18.5. The van der Waals surface area contributed by atoms with Crippen molar-refractivity contribution >= 4 is 5.91 Å². The van der Waals surface area contributed by atoms with E-state index in [1.54, 1.807) is 18.4 Å². The van der Waals surface area contributed by atoms with Crippen LogP contribution >= 0.6 is 0 Å². The Morgan fingerprint density at radius 1 is 1.11 bits per heavy atom. The van der Waals surface area contributed by atoms with Crippen molar-refractivity contribution in [2.45, 2.75) is 44.7 Å². The summed E-state index contributed by atoms with van der Waals surface area (Å²) in [5.74, 6) is 1.75. The largest absolute Gasteiger partial charge is 0.459 e. The molecule has 2 aromatic heterocycles. The van der Waals surface area contributed by atoms with Crippen LogP contribution < -0.4 is 5.32 Å². The highest BCUT2D eigenvalue weighted by Gasteiger charge is 2.22. The molecular formula is C19H27N5O3. The molecule has 2 fully saturated rings.